The average molecular weight is 361 g/mol. The van der Waals surface area contributed by atoms with Crippen LogP contribution in [0, 0.1) is 17.8 Å². The summed E-state index contributed by atoms with van der Waals surface area (Å²) >= 11 is 0. The van der Waals surface area contributed by atoms with Crippen molar-refractivity contribution in [3.05, 3.63) is 23.8 Å². The van der Waals surface area contributed by atoms with E-state index in [0.29, 0.717) is 36.3 Å². The molecule has 6 heteroatoms. The van der Waals surface area contributed by atoms with Gasteiger partial charge in [0.25, 0.3) is 5.91 Å². The molecule has 0 heterocycles. The normalized spacial score (nSPS) is 23.5. The van der Waals surface area contributed by atoms with Gasteiger partial charge < -0.3 is 19.5 Å². The molecule has 0 aromatic heterocycles. The highest BCUT2D eigenvalue weighted by atomic mass is 16.5. The smallest absolute Gasteiger partial charge is 0.306 e. The molecule has 0 saturated heterocycles. The number of hydrogen-bond donors (Lipinski definition) is 1. The Labute approximate surface area is 154 Å². The minimum atomic E-state index is -0.305. The summed E-state index contributed by atoms with van der Waals surface area (Å²) in [6, 6.07) is 5.44. The summed E-state index contributed by atoms with van der Waals surface area (Å²) in [7, 11) is 3.14. The minimum Gasteiger partial charge on any atom is -0.493 e. The number of carbonyl (C=O) groups excluding carboxylic acids is 2. The van der Waals surface area contributed by atoms with Crippen LogP contribution < -0.4 is 14.8 Å². The van der Waals surface area contributed by atoms with Crippen molar-refractivity contribution in [1.29, 1.82) is 0 Å². The molecule has 2 fully saturated rings. The fourth-order valence-corrected chi connectivity index (χ4v) is 4.29. The lowest BCUT2D eigenvalue weighted by Crippen LogP contribution is -2.29. The second-order valence-electron chi connectivity index (χ2n) is 7.27. The number of hydrogen-bond acceptors (Lipinski definition) is 5. The van der Waals surface area contributed by atoms with Crippen LogP contribution in [0.4, 0.5) is 0 Å². The Morgan fingerprint density at radius 2 is 1.92 bits per heavy atom. The molecule has 0 radical (unpaired) electrons. The monoisotopic (exact) mass is 361 g/mol. The van der Waals surface area contributed by atoms with Crippen LogP contribution in [0.2, 0.25) is 0 Å². The largest absolute Gasteiger partial charge is 0.493 e. The number of esters is 1. The number of ether oxygens (including phenoxy) is 3. The van der Waals surface area contributed by atoms with E-state index in [0.717, 1.165) is 17.9 Å². The van der Waals surface area contributed by atoms with E-state index < -0.39 is 0 Å². The van der Waals surface area contributed by atoms with Gasteiger partial charge in [-0.15, -0.1) is 0 Å². The maximum Gasteiger partial charge on any atom is 0.306 e. The first-order valence-corrected chi connectivity index (χ1v) is 9.22. The molecule has 2 aliphatic carbocycles. The molecule has 2 aliphatic rings. The maximum atomic E-state index is 12.0. The fourth-order valence-electron chi connectivity index (χ4n) is 4.29. The summed E-state index contributed by atoms with van der Waals surface area (Å²) in [5.74, 6) is 2.63. The van der Waals surface area contributed by atoms with Crippen LogP contribution in [0.5, 0.6) is 11.5 Å². The van der Waals surface area contributed by atoms with E-state index in [2.05, 4.69) is 5.32 Å². The summed E-state index contributed by atoms with van der Waals surface area (Å²) in [5, 5.41) is 2.75. The standard InChI is InChI=1S/C20H27NO5/c1-24-17-6-4-14(9-18(17)25-2)11-21-19(22)12-26-20(23)10-16-8-13-3-5-15(16)7-13/h4,6,9,13,15-16H,3,5,7-8,10-12H2,1-2H3,(H,21,22)/t13-,15-,16+/m1/s1. The summed E-state index contributed by atoms with van der Waals surface area (Å²) < 4.78 is 15.6. The zero-order valence-corrected chi connectivity index (χ0v) is 15.5. The molecule has 3 rings (SSSR count). The maximum absolute atomic E-state index is 12.0. The lowest BCUT2D eigenvalue weighted by atomic mass is 9.86. The number of amides is 1. The third-order valence-electron chi connectivity index (χ3n) is 5.62. The molecule has 26 heavy (non-hydrogen) atoms. The molecule has 3 atom stereocenters. The van der Waals surface area contributed by atoms with Gasteiger partial charge in [0.15, 0.2) is 18.1 Å². The van der Waals surface area contributed by atoms with Crippen LogP contribution in [0.1, 0.15) is 37.7 Å². The van der Waals surface area contributed by atoms with Crippen LogP contribution in [0.3, 0.4) is 0 Å². The Morgan fingerprint density at radius 1 is 1.12 bits per heavy atom. The second-order valence-corrected chi connectivity index (χ2v) is 7.27. The van der Waals surface area contributed by atoms with Gasteiger partial charge >= 0.3 is 5.97 Å². The van der Waals surface area contributed by atoms with Gasteiger partial charge in [0.05, 0.1) is 14.2 Å². The molecule has 2 saturated carbocycles. The zero-order valence-electron chi connectivity index (χ0n) is 15.5. The molecule has 2 bridgehead atoms. The van der Waals surface area contributed by atoms with Gasteiger partial charge in [0, 0.05) is 13.0 Å². The van der Waals surface area contributed by atoms with Gasteiger partial charge in [-0.3, -0.25) is 9.59 Å². The molecule has 0 spiro atoms. The van der Waals surface area contributed by atoms with Crippen molar-refractivity contribution < 1.29 is 23.8 Å². The van der Waals surface area contributed by atoms with Crippen molar-refractivity contribution in [2.75, 3.05) is 20.8 Å². The van der Waals surface area contributed by atoms with E-state index in [1.807, 2.05) is 6.07 Å². The molecule has 0 unspecified atom stereocenters. The molecule has 142 valence electrons. The summed E-state index contributed by atoms with van der Waals surface area (Å²) in [6.45, 7) is 0.107. The third-order valence-corrected chi connectivity index (χ3v) is 5.62. The number of benzene rings is 1. The number of fused-ring (bicyclic) bond motifs is 2. The van der Waals surface area contributed by atoms with Gasteiger partial charge in [-0.1, -0.05) is 12.5 Å². The Morgan fingerprint density at radius 3 is 2.58 bits per heavy atom. The highest BCUT2D eigenvalue weighted by Crippen LogP contribution is 2.49. The van der Waals surface area contributed by atoms with Crippen LogP contribution in [-0.4, -0.2) is 32.7 Å². The van der Waals surface area contributed by atoms with Crippen molar-refractivity contribution >= 4 is 11.9 Å². The molecule has 1 aromatic rings. The van der Waals surface area contributed by atoms with Gasteiger partial charge in [0.2, 0.25) is 0 Å². The second kappa shape index (κ2) is 8.43. The van der Waals surface area contributed by atoms with E-state index in [-0.39, 0.29) is 18.5 Å². The van der Waals surface area contributed by atoms with Crippen molar-refractivity contribution in [1.82, 2.24) is 5.32 Å². The fraction of sp³-hybridized carbons (Fsp3) is 0.600. The number of rotatable bonds is 8. The molecule has 1 N–H and O–H groups in total. The van der Waals surface area contributed by atoms with Gasteiger partial charge in [0.1, 0.15) is 0 Å². The van der Waals surface area contributed by atoms with Crippen molar-refractivity contribution in [3.63, 3.8) is 0 Å². The Kier molecular flexibility index (Phi) is 6.01. The molecule has 0 aliphatic heterocycles. The quantitative estimate of drug-likeness (QED) is 0.721. The predicted octanol–water partition coefficient (Wildman–Crippen LogP) is 2.69. The number of nitrogens with one attached hydrogen (secondary N) is 1. The molecule has 1 aromatic carbocycles. The Hall–Kier alpha value is -2.24. The first-order valence-electron chi connectivity index (χ1n) is 9.22. The van der Waals surface area contributed by atoms with Gasteiger partial charge in [-0.25, -0.2) is 0 Å². The third kappa shape index (κ3) is 4.48. The van der Waals surface area contributed by atoms with Crippen molar-refractivity contribution in [3.8, 4) is 11.5 Å². The minimum absolute atomic E-state index is 0.229. The van der Waals surface area contributed by atoms with E-state index in [9.17, 15) is 9.59 Å². The van der Waals surface area contributed by atoms with Gasteiger partial charge in [-0.05, 0) is 54.7 Å². The first kappa shape index (κ1) is 18.5. The molecule has 6 nitrogen and oxygen atoms in total. The van der Waals surface area contributed by atoms with Crippen LogP contribution in [0.25, 0.3) is 0 Å². The van der Waals surface area contributed by atoms with Crippen molar-refractivity contribution in [2.45, 2.75) is 38.6 Å². The SMILES string of the molecule is COc1ccc(CNC(=O)COC(=O)C[C@@H]2C[C@@H]3CC[C@@H]2C3)cc1OC. The van der Waals surface area contributed by atoms with E-state index >= 15 is 0 Å². The number of methoxy groups -OCH3 is 2. The first-order chi connectivity index (χ1) is 12.6. The van der Waals surface area contributed by atoms with E-state index in [1.54, 1.807) is 26.4 Å². The molecule has 1 amide bonds. The lowest BCUT2D eigenvalue weighted by Gasteiger charge is -2.20. The lowest BCUT2D eigenvalue weighted by molar-refractivity contribution is -0.149. The topological polar surface area (TPSA) is 73.9 Å². The van der Waals surface area contributed by atoms with Crippen LogP contribution >= 0.6 is 0 Å². The van der Waals surface area contributed by atoms with E-state index in [1.165, 1.54) is 19.3 Å². The highest BCUT2D eigenvalue weighted by Gasteiger charge is 2.40. The summed E-state index contributed by atoms with van der Waals surface area (Å²) in [4.78, 5) is 23.9. The van der Waals surface area contributed by atoms with E-state index in [4.69, 9.17) is 14.2 Å². The summed E-state index contributed by atoms with van der Waals surface area (Å²) in [6.07, 6.45) is 5.42. The molecular formula is C20H27NO5. The van der Waals surface area contributed by atoms with Crippen molar-refractivity contribution in [2.24, 2.45) is 17.8 Å². The van der Waals surface area contributed by atoms with Gasteiger partial charge in [-0.2, -0.15) is 0 Å². The average Bonchev–Trinajstić information content (AvgIpc) is 3.27. The van der Waals surface area contributed by atoms with Crippen LogP contribution in [-0.2, 0) is 20.9 Å². The zero-order chi connectivity index (χ0) is 18.5. The predicted molar refractivity (Wildman–Crippen MR) is 95.9 cm³/mol. The molecular weight excluding hydrogens is 334 g/mol. The Bertz CT molecular complexity index is 660. The number of carbonyl (C=O) groups is 2. The highest BCUT2D eigenvalue weighted by molar-refractivity contribution is 5.80. The Balaban J connectivity index is 1.38. The van der Waals surface area contributed by atoms with Crippen LogP contribution in [0.15, 0.2) is 18.2 Å². The summed E-state index contributed by atoms with van der Waals surface area (Å²) in [5.41, 5.74) is 0.879.